The van der Waals surface area contributed by atoms with Gasteiger partial charge in [0.15, 0.2) is 0 Å². The minimum Gasteiger partial charge on any atom is -0.322 e. The number of hydrogen-bond donors (Lipinski definition) is 1. The maximum Gasteiger partial charge on any atom is 0.259 e. The van der Waals surface area contributed by atoms with Gasteiger partial charge in [-0.3, -0.25) is 4.79 Å². The van der Waals surface area contributed by atoms with Crippen molar-refractivity contribution in [2.24, 2.45) is 0 Å². The SMILES string of the molecule is CC(C)c1c(C(=O)Nc2ccc(F)c(Cl)c2)cnn1-c1ccc(F)cc1. The normalized spacial score (nSPS) is 11.0. The Morgan fingerprint density at radius 2 is 1.85 bits per heavy atom. The van der Waals surface area contributed by atoms with Crippen LogP contribution in [-0.2, 0) is 0 Å². The Balaban J connectivity index is 1.95. The number of hydrogen-bond acceptors (Lipinski definition) is 2. The predicted octanol–water partition coefficient (Wildman–Crippen LogP) is 5.18. The highest BCUT2D eigenvalue weighted by Crippen LogP contribution is 2.25. The molecule has 3 rings (SSSR count). The molecule has 0 saturated heterocycles. The number of rotatable bonds is 4. The van der Waals surface area contributed by atoms with Crippen molar-refractivity contribution in [1.29, 1.82) is 0 Å². The van der Waals surface area contributed by atoms with E-state index in [0.29, 0.717) is 22.6 Å². The van der Waals surface area contributed by atoms with E-state index >= 15 is 0 Å². The van der Waals surface area contributed by atoms with Gasteiger partial charge in [-0.15, -0.1) is 0 Å². The number of nitrogens with one attached hydrogen (secondary N) is 1. The Bertz CT molecular complexity index is 952. The van der Waals surface area contributed by atoms with Crippen molar-refractivity contribution >= 4 is 23.2 Å². The van der Waals surface area contributed by atoms with Crippen LogP contribution in [-0.4, -0.2) is 15.7 Å². The third kappa shape index (κ3) is 3.60. The second-order valence-corrected chi connectivity index (χ2v) is 6.48. The van der Waals surface area contributed by atoms with Crippen molar-refractivity contribution in [3.05, 3.63) is 76.6 Å². The lowest BCUT2D eigenvalue weighted by Crippen LogP contribution is -2.15. The number of anilines is 1. The van der Waals surface area contributed by atoms with Gasteiger partial charge >= 0.3 is 0 Å². The van der Waals surface area contributed by atoms with Crippen molar-refractivity contribution < 1.29 is 13.6 Å². The van der Waals surface area contributed by atoms with E-state index in [2.05, 4.69) is 10.4 Å². The molecule has 0 atom stereocenters. The molecule has 1 aromatic heterocycles. The summed E-state index contributed by atoms with van der Waals surface area (Å²) in [6.45, 7) is 3.87. The Morgan fingerprint density at radius 1 is 1.15 bits per heavy atom. The van der Waals surface area contributed by atoms with Crippen LogP contribution in [0.1, 0.15) is 35.8 Å². The first-order valence-electron chi connectivity index (χ1n) is 7.97. The monoisotopic (exact) mass is 375 g/mol. The fourth-order valence-corrected chi connectivity index (χ4v) is 2.83. The first-order valence-corrected chi connectivity index (χ1v) is 8.35. The summed E-state index contributed by atoms with van der Waals surface area (Å²) >= 11 is 5.75. The minimum atomic E-state index is -0.559. The van der Waals surface area contributed by atoms with Crippen LogP contribution in [0.15, 0.2) is 48.7 Å². The molecule has 0 aliphatic rings. The molecular weight excluding hydrogens is 360 g/mol. The highest BCUT2D eigenvalue weighted by atomic mass is 35.5. The van der Waals surface area contributed by atoms with Crippen molar-refractivity contribution in [2.45, 2.75) is 19.8 Å². The third-order valence-electron chi connectivity index (χ3n) is 3.85. The molecule has 0 aliphatic carbocycles. The van der Waals surface area contributed by atoms with Gasteiger partial charge in [0.1, 0.15) is 11.6 Å². The summed E-state index contributed by atoms with van der Waals surface area (Å²) in [4.78, 5) is 12.7. The molecule has 1 N–H and O–H groups in total. The van der Waals surface area contributed by atoms with Crippen LogP contribution in [0.4, 0.5) is 14.5 Å². The Kier molecular flexibility index (Phi) is 5.04. The average Bonchev–Trinajstić information content (AvgIpc) is 3.04. The van der Waals surface area contributed by atoms with E-state index < -0.39 is 5.82 Å². The Morgan fingerprint density at radius 3 is 2.46 bits per heavy atom. The van der Waals surface area contributed by atoms with Crippen molar-refractivity contribution in [3.63, 3.8) is 0 Å². The highest BCUT2D eigenvalue weighted by Gasteiger charge is 2.21. The van der Waals surface area contributed by atoms with Crippen LogP contribution in [0.3, 0.4) is 0 Å². The molecule has 3 aromatic rings. The fourth-order valence-electron chi connectivity index (χ4n) is 2.65. The van der Waals surface area contributed by atoms with E-state index in [1.807, 2.05) is 13.8 Å². The first-order chi connectivity index (χ1) is 12.4. The molecule has 134 valence electrons. The van der Waals surface area contributed by atoms with Crippen molar-refractivity contribution in [1.82, 2.24) is 9.78 Å². The molecule has 0 fully saturated rings. The molecule has 0 radical (unpaired) electrons. The second-order valence-electron chi connectivity index (χ2n) is 6.07. The summed E-state index contributed by atoms with van der Waals surface area (Å²) in [6, 6.07) is 9.81. The van der Waals surface area contributed by atoms with Gasteiger partial charge in [-0.25, -0.2) is 13.5 Å². The van der Waals surface area contributed by atoms with Crippen molar-refractivity contribution in [3.8, 4) is 5.69 Å². The molecule has 0 spiro atoms. The topological polar surface area (TPSA) is 46.9 Å². The number of nitrogens with zero attached hydrogens (tertiary/aromatic N) is 2. The number of amides is 1. The van der Waals surface area contributed by atoms with Gasteiger partial charge in [0, 0.05) is 5.69 Å². The molecular formula is C19H16ClF2N3O. The summed E-state index contributed by atoms with van der Waals surface area (Å²) in [5.41, 5.74) is 2.09. The molecule has 4 nitrogen and oxygen atoms in total. The predicted molar refractivity (Wildman–Crippen MR) is 97.0 cm³/mol. The van der Waals surface area contributed by atoms with Crippen LogP contribution in [0, 0.1) is 11.6 Å². The van der Waals surface area contributed by atoms with Crippen LogP contribution in [0.5, 0.6) is 0 Å². The second kappa shape index (κ2) is 7.25. The van der Waals surface area contributed by atoms with Gasteiger partial charge < -0.3 is 5.32 Å². The standard InChI is InChI=1S/C19H16ClF2N3O/c1-11(2)18-15(10-23-25(18)14-6-3-12(21)4-7-14)19(26)24-13-5-8-17(22)16(20)9-13/h3-11H,1-2H3,(H,24,26). The molecule has 26 heavy (non-hydrogen) atoms. The van der Waals surface area contributed by atoms with Crippen LogP contribution in [0.25, 0.3) is 5.69 Å². The fraction of sp³-hybridized carbons (Fsp3) is 0.158. The molecule has 1 heterocycles. The zero-order valence-corrected chi connectivity index (χ0v) is 14.9. The summed E-state index contributed by atoms with van der Waals surface area (Å²) in [7, 11) is 0. The van der Waals surface area contributed by atoms with Gasteiger partial charge in [0.05, 0.1) is 28.2 Å². The average molecular weight is 376 g/mol. The Labute approximate surface area is 154 Å². The molecule has 7 heteroatoms. The van der Waals surface area contributed by atoms with E-state index in [0.717, 1.165) is 0 Å². The molecule has 0 unspecified atom stereocenters. The van der Waals surface area contributed by atoms with Crippen LogP contribution >= 0.6 is 11.6 Å². The van der Waals surface area contributed by atoms with E-state index in [1.54, 1.807) is 16.8 Å². The van der Waals surface area contributed by atoms with Gasteiger partial charge in [-0.1, -0.05) is 25.4 Å². The van der Waals surface area contributed by atoms with E-state index in [9.17, 15) is 13.6 Å². The van der Waals surface area contributed by atoms with Gasteiger partial charge in [-0.05, 0) is 48.4 Å². The molecule has 0 aliphatic heterocycles. The maximum absolute atomic E-state index is 13.3. The molecule has 0 bridgehead atoms. The summed E-state index contributed by atoms with van der Waals surface area (Å²) in [6.07, 6.45) is 1.46. The molecule has 2 aromatic carbocycles. The Hall–Kier alpha value is -2.73. The molecule has 0 saturated carbocycles. The van der Waals surface area contributed by atoms with Gasteiger partial charge in [-0.2, -0.15) is 5.10 Å². The number of carbonyl (C=O) groups is 1. The highest BCUT2D eigenvalue weighted by molar-refractivity contribution is 6.31. The summed E-state index contributed by atoms with van der Waals surface area (Å²) in [5.74, 6) is -1.31. The van der Waals surface area contributed by atoms with Crippen LogP contribution in [0.2, 0.25) is 5.02 Å². The van der Waals surface area contributed by atoms with Crippen molar-refractivity contribution in [2.75, 3.05) is 5.32 Å². The van der Waals surface area contributed by atoms with Gasteiger partial charge in [0.2, 0.25) is 0 Å². The minimum absolute atomic E-state index is 0.0138. The zero-order valence-electron chi connectivity index (χ0n) is 14.1. The first kappa shape index (κ1) is 18.1. The molecule has 1 amide bonds. The van der Waals surface area contributed by atoms with E-state index in [1.165, 1.54) is 36.5 Å². The summed E-state index contributed by atoms with van der Waals surface area (Å²) in [5, 5.41) is 6.90. The quantitative estimate of drug-likeness (QED) is 0.683. The lowest BCUT2D eigenvalue weighted by atomic mass is 10.0. The van der Waals surface area contributed by atoms with Gasteiger partial charge in [0.25, 0.3) is 5.91 Å². The maximum atomic E-state index is 13.3. The van der Waals surface area contributed by atoms with E-state index in [4.69, 9.17) is 11.6 Å². The third-order valence-corrected chi connectivity index (χ3v) is 4.14. The largest absolute Gasteiger partial charge is 0.322 e. The number of halogens is 3. The smallest absolute Gasteiger partial charge is 0.259 e. The summed E-state index contributed by atoms with van der Waals surface area (Å²) < 4.78 is 28.0. The zero-order chi connectivity index (χ0) is 18.8. The lowest BCUT2D eigenvalue weighted by Gasteiger charge is -2.13. The van der Waals surface area contributed by atoms with E-state index in [-0.39, 0.29) is 22.7 Å². The number of aromatic nitrogens is 2. The van der Waals surface area contributed by atoms with Crippen LogP contribution < -0.4 is 5.32 Å². The number of benzene rings is 2. The lowest BCUT2D eigenvalue weighted by molar-refractivity contribution is 0.102. The number of carbonyl (C=O) groups excluding carboxylic acids is 1.